The number of rotatable bonds is 5. The standard InChI is InChI=1S/C22H19N3O2/c1-26-20-13-7-8-15(21(20)27-2)14-23-17-10-4-3-9-16(17)22-24-18-11-5-6-12-19(18)25-22/h3-14H,1-2H3,(H,24,25). The van der Waals surface area contributed by atoms with Crippen LogP contribution in [-0.2, 0) is 0 Å². The van der Waals surface area contributed by atoms with Gasteiger partial charge in [0.25, 0.3) is 0 Å². The first-order chi connectivity index (χ1) is 13.3. The van der Waals surface area contributed by atoms with Crippen molar-refractivity contribution in [3.8, 4) is 22.9 Å². The number of nitrogens with one attached hydrogen (secondary N) is 1. The monoisotopic (exact) mass is 357 g/mol. The highest BCUT2D eigenvalue weighted by molar-refractivity contribution is 5.89. The number of H-pyrrole nitrogens is 1. The molecular weight excluding hydrogens is 338 g/mol. The molecule has 0 aliphatic heterocycles. The van der Waals surface area contributed by atoms with Gasteiger partial charge >= 0.3 is 0 Å². The molecule has 4 rings (SSSR count). The number of aromatic amines is 1. The zero-order valence-corrected chi connectivity index (χ0v) is 15.1. The third kappa shape index (κ3) is 3.27. The summed E-state index contributed by atoms with van der Waals surface area (Å²) in [5, 5.41) is 0. The Labute approximate surface area is 157 Å². The van der Waals surface area contributed by atoms with Gasteiger partial charge in [0.1, 0.15) is 5.82 Å². The molecule has 0 atom stereocenters. The van der Waals surface area contributed by atoms with E-state index in [9.17, 15) is 0 Å². The molecule has 27 heavy (non-hydrogen) atoms. The van der Waals surface area contributed by atoms with E-state index in [1.54, 1.807) is 20.4 Å². The lowest BCUT2D eigenvalue weighted by molar-refractivity contribution is 0.354. The molecule has 0 saturated carbocycles. The molecule has 0 bridgehead atoms. The SMILES string of the molecule is COc1cccc(C=Nc2ccccc2-c2nc3ccccc3[nH]2)c1OC. The van der Waals surface area contributed by atoms with Crippen LogP contribution in [0, 0.1) is 0 Å². The van der Waals surface area contributed by atoms with Crippen molar-refractivity contribution in [2.45, 2.75) is 0 Å². The summed E-state index contributed by atoms with van der Waals surface area (Å²) < 4.78 is 10.8. The first-order valence-electron chi connectivity index (χ1n) is 8.59. The highest BCUT2D eigenvalue weighted by Crippen LogP contribution is 2.32. The number of hydrogen-bond acceptors (Lipinski definition) is 4. The fourth-order valence-electron chi connectivity index (χ4n) is 3.02. The molecule has 0 amide bonds. The molecule has 1 heterocycles. The minimum Gasteiger partial charge on any atom is -0.493 e. The lowest BCUT2D eigenvalue weighted by atomic mass is 10.1. The van der Waals surface area contributed by atoms with Crippen molar-refractivity contribution in [2.75, 3.05) is 14.2 Å². The van der Waals surface area contributed by atoms with Crippen LogP contribution in [0.2, 0.25) is 0 Å². The molecule has 0 aliphatic carbocycles. The molecular formula is C22H19N3O2. The summed E-state index contributed by atoms with van der Waals surface area (Å²) in [6, 6.07) is 21.6. The Morgan fingerprint density at radius 2 is 1.70 bits per heavy atom. The largest absolute Gasteiger partial charge is 0.493 e. The number of aliphatic imine (C=N–C) groups is 1. The van der Waals surface area contributed by atoms with Gasteiger partial charge in [-0.25, -0.2) is 4.98 Å². The number of imidazole rings is 1. The zero-order valence-electron chi connectivity index (χ0n) is 15.1. The second-order valence-electron chi connectivity index (χ2n) is 5.96. The maximum atomic E-state index is 5.48. The van der Waals surface area contributed by atoms with Gasteiger partial charge in [0.05, 0.1) is 30.9 Å². The van der Waals surface area contributed by atoms with Gasteiger partial charge in [-0.2, -0.15) is 0 Å². The summed E-state index contributed by atoms with van der Waals surface area (Å²) in [6.07, 6.45) is 1.78. The van der Waals surface area contributed by atoms with Crippen LogP contribution in [0.4, 0.5) is 5.69 Å². The molecule has 4 aromatic rings. The van der Waals surface area contributed by atoms with Crippen molar-refractivity contribution >= 4 is 22.9 Å². The van der Waals surface area contributed by atoms with E-state index in [1.807, 2.05) is 66.7 Å². The quantitative estimate of drug-likeness (QED) is 0.512. The minimum absolute atomic E-state index is 0.657. The predicted octanol–water partition coefficient (Wildman–Crippen LogP) is 5.00. The minimum atomic E-state index is 0.657. The summed E-state index contributed by atoms with van der Waals surface area (Å²) in [5.74, 6) is 2.12. The van der Waals surface area contributed by atoms with Crippen molar-refractivity contribution < 1.29 is 9.47 Å². The van der Waals surface area contributed by atoms with E-state index < -0.39 is 0 Å². The van der Waals surface area contributed by atoms with E-state index in [2.05, 4.69) is 15.0 Å². The summed E-state index contributed by atoms with van der Waals surface area (Å²) in [6.45, 7) is 0. The summed E-state index contributed by atoms with van der Waals surface area (Å²) >= 11 is 0. The van der Waals surface area contributed by atoms with E-state index in [0.29, 0.717) is 11.5 Å². The fraction of sp³-hybridized carbons (Fsp3) is 0.0909. The van der Waals surface area contributed by atoms with Crippen LogP contribution < -0.4 is 9.47 Å². The summed E-state index contributed by atoms with van der Waals surface area (Å²) in [5.41, 5.74) is 4.53. The molecule has 134 valence electrons. The lowest BCUT2D eigenvalue weighted by Crippen LogP contribution is -1.95. The van der Waals surface area contributed by atoms with Crippen molar-refractivity contribution in [1.29, 1.82) is 0 Å². The van der Waals surface area contributed by atoms with Crippen LogP contribution in [0.5, 0.6) is 11.5 Å². The number of aromatic nitrogens is 2. The Kier molecular flexibility index (Phi) is 4.58. The molecule has 5 nitrogen and oxygen atoms in total. The average Bonchev–Trinajstić information content (AvgIpc) is 3.16. The van der Waals surface area contributed by atoms with E-state index in [4.69, 9.17) is 9.47 Å². The van der Waals surface area contributed by atoms with Crippen LogP contribution in [-0.4, -0.2) is 30.4 Å². The van der Waals surface area contributed by atoms with E-state index in [0.717, 1.165) is 33.7 Å². The van der Waals surface area contributed by atoms with Crippen LogP contribution >= 0.6 is 0 Å². The van der Waals surface area contributed by atoms with Crippen molar-refractivity contribution in [1.82, 2.24) is 9.97 Å². The van der Waals surface area contributed by atoms with Gasteiger partial charge < -0.3 is 14.5 Å². The van der Waals surface area contributed by atoms with Gasteiger partial charge in [-0.1, -0.05) is 30.3 Å². The summed E-state index contributed by atoms with van der Waals surface area (Å²) in [7, 11) is 3.24. The molecule has 0 unspecified atom stereocenters. The van der Waals surface area contributed by atoms with E-state index >= 15 is 0 Å². The van der Waals surface area contributed by atoms with Gasteiger partial charge in [0, 0.05) is 17.3 Å². The molecule has 0 radical (unpaired) electrons. The Bertz CT molecular complexity index is 1080. The van der Waals surface area contributed by atoms with Crippen LogP contribution in [0.1, 0.15) is 5.56 Å². The fourth-order valence-corrected chi connectivity index (χ4v) is 3.02. The summed E-state index contributed by atoms with van der Waals surface area (Å²) in [4.78, 5) is 12.7. The topological polar surface area (TPSA) is 59.5 Å². The predicted molar refractivity (Wildman–Crippen MR) is 108 cm³/mol. The molecule has 0 spiro atoms. The molecule has 1 aromatic heterocycles. The molecule has 0 aliphatic rings. The van der Waals surface area contributed by atoms with Crippen molar-refractivity contribution in [2.24, 2.45) is 4.99 Å². The lowest BCUT2D eigenvalue weighted by Gasteiger charge is -2.09. The second kappa shape index (κ2) is 7.33. The van der Waals surface area contributed by atoms with Gasteiger partial charge in [-0.15, -0.1) is 0 Å². The number of nitrogens with zero attached hydrogens (tertiary/aromatic N) is 2. The Morgan fingerprint density at radius 1 is 0.889 bits per heavy atom. The molecule has 5 heteroatoms. The highest BCUT2D eigenvalue weighted by Gasteiger charge is 2.10. The van der Waals surface area contributed by atoms with E-state index in [-0.39, 0.29) is 0 Å². The number of benzene rings is 3. The highest BCUT2D eigenvalue weighted by atomic mass is 16.5. The maximum absolute atomic E-state index is 5.48. The smallest absolute Gasteiger partial charge is 0.169 e. The second-order valence-corrected chi connectivity index (χ2v) is 5.96. The van der Waals surface area contributed by atoms with Crippen molar-refractivity contribution in [3.63, 3.8) is 0 Å². The van der Waals surface area contributed by atoms with Gasteiger partial charge in [0.2, 0.25) is 0 Å². The van der Waals surface area contributed by atoms with Crippen LogP contribution in [0.3, 0.4) is 0 Å². The maximum Gasteiger partial charge on any atom is 0.169 e. The van der Waals surface area contributed by atoms with Crippen LogP contribution in [0.15, 0.2) is 71.7 Å². The Balaban J connectivity index is 1.75. The zero-order chi connectivity index (χ0) is 18.6. The van der Waals surface area contributed by atoms with Crippen LogP contribution in [0.25, 0.3) is 22.4 Å². The average molecular weight is 357 g/mol. The number of methoxy groups -OCH3 is 2. The first-order valence-corrected chi connectivity index (χ1v) is 8.59. The molecule has 0 fully saturated rings. The normalized spacial score (nSPS) is 11.2. The third-order valence-electron chi connectivity index (χ3n) is 4.32. The van der Waals surface area contributed by atoms with E-state index in [1.165, 1.54) is 0 Å². The Morgan fingerprint density at radius 3 is 2.52 bits per heavy atom. The number of ether oxygens (including phenoxy) is 2. The number of hydrogen-bond donors (Lipinski definition) is 1. The number of fused-ring (bicyclic) bond motifs is 1. The van der Waals surface area contributed by atoms with Crippen molar-refractivity contribution in [3.05, 3.63) is 72.3 Å². The van der Waals surface area contributed by atoms with Gasteiger partial charge in [-0.05, 0) is 36.4 Å². The Hall–Kier alpha value is -3.60. The molecule has 1 N–H and O–H groups in total. The third-order valence-corrected chi connectivity index (χ3v) is 4.32. The first kappa shape index (κ1) is 16.8. The van der Waals surface area contributed by atoms with Gasteiger partial charge in [-0.3, -0.25) is 4.99 Å². The van der Waals surface area contributed by atoms with Gasteiger partial charge in [0.15, 0.2) is 11.5 Å². The molecule has 0 saturated heterocycles. The molecule has 3 aromatic carbocycles. The number of para-hydroxylation sites is 4.